The van der Waals surface area contributed by atoms with E-state index in [1.165, 1.54) is 12.4 Å². The second kappa shape index (κ2) is 6.98. The first-order chi connectivity index (χ1) is 11.5. The molecule has 3 rings (SSSR count). The molecule has 0 spiro atoms. The molecule has 0 amide bonds. The summed E-state index contributed by atoms with van der Waals surface area (Å²) >= 11 is 6.08. The van der Waals surface area contributed by atoms with Crippen LogP contribution in [0.1, 0.15) is 0 Å². The fourth-order valence-electron chi connectivity index (χ4n) is 2.40. The average molecular weight is 344 g/mol. The highest BCUT2D eigenvalue weighted by Gasteiger charge is 2.15. The first-order valence-corrected chi connectivity index (χ1v) is 7.89. The van der Waals surface area contributed by atoms with Crippen molar-refractivity contribution in [2.24, 2.45) is 0 Å². The summed E-state index contributed by atoms with van der Waals surface area (Å²) in [5, 5.41) is 15.0. The molecule has 3 aromatic rings. The van der Waals surface area contributed by atoms with Gasteiger partial charge in [-0.05, 0) is 38.4 Å². The van der Waals surface area contributed by atoms with Crippen LogP contribution in [0.25, 0.3) is 22.5 Å². The summed E-state index contributed by atoms with van der Waals surface area (Å²) in [6.07, 6.45) is 5.16. The molecular weight excluding hydrogens is 326 g/mol. The quantitative estimate of drug-likeness (QED) is 0.771. The zero-order valence-corrected chi connectivity index (χ0v) is 14.3. The van der Waals surface area contributed by atoms with Gasteiger partial charge in [0, 0.05) is 35.1 Å². The van der Waals surface area contributed by atoms with E-state index in [9.17, 15) is 5.11 Å². The number of nitrogens with zero attached hydrogens (tertiary/aromatic N) is 5. The van der Waals surface area contributed by atoms with E-state index in [4.69, 9.17) is 11.6 Å². The monoisotopic (exact) mass is 343 g/mol. The Morgan fingerprint density at radius 1 is 1.25 bits per heavy atom. The van der Waals surface area contributed by atoms with E-state index in [2.05, 4.69) is 20.0 Å². The van der Waals surface area contributed by atoms with Crippen molar-refractivity contribution in [1.82, 2.24) is 24.6 Å². The van der Waals surface area contributed by atoms with E-state index in [0.717, 1.165) is 35.6 Å². The van der Waals surface area contributed by atoms with Gasteiger partial charge in [0.1, 0.15) is 17.8 Å². The molecule has 7 heteroatoms. The number of phenols is 1. The normalized spacial score (nSPS) is 11.2. The van der Waals surface area contributed by atoms with Gasteiger partial charge in [-0.3, -0.25) is 4.68 Å². The maximum atomic E-state index is 9.85. The summed E-state index contributed by atoms with van der Waals surface area (Å²) in [5.41, 5.74) is 3.12. The van der Waals surface area contributed by atoms with Crippen molar-refractivity contribution in [3.63, 3.8) is 0 Å². The predicted octanol–water partition coefficient (Wildman–Crippen LogP) is 2.93. The smallest absolute Gasteiger partial charge is 0.117 e. The van der Waals surface area contributed by atoms with Gasteiger partial charge in [-0.1, -0.05) is 11.6 Å². The molecule has 124 valence electrons. The van der Waals surface area contributed by atoms with E-state index in [1.807, 2.05) is 31.0 Å². The van der Waals surface area contributed by atoms with Gasteiger partial charge in [0.25, 0.3) is 0 Å². The Hall–Kier alpha value is -2.44. The number of benzene rings is 1. The lowest BCUT2D eigenvalue weighted by Gasteiger charge is -2.08. The number of likely N-dealkylation sites (N-methyl/N-ethyl adjacent to an activating group) is 1. The molecule has 0 unspecified atom stereocenters. The minimum Gasteiger partial charge on any atom is -0.508 e. The maximum Gasteiger partial charge on any atom is 0.117 e. The molecule has 0 radical (unpaired) electrons. The van der Waals surface area contributed by atoms with Crippen molar-refractivity contribution in [3.8, 4) is 28.3 Å². The fraction of sp³-hybridized carbons (Fsp3) is 0.235. The molecule has 0 saturated carbocycles. The lowest BCUT2D eigenvalue weighted by molar-refractivity contribution is 0.373. The van der Waals surface area contributed by atoms with E-state index in [0.29, 0.717) is 5.02 Å². The fourth-order valence-corrected chi connectivity index (χ4v) is 2.63. The molecule has 1 aromatic carbocycles. The zero-order chi connectivity index (χ0) is 17.1. The van der Waals surface area contributed by atoms with Gasteiger partial charge in [0.05, 0.1) is 12.2 Å². The van der Waals surface area contributed by atoms with Crippen LogP contribution >= 0.6 is 11.6 Å². The number of phenolic OH excluding ortho intramolecular Hbond substituents is 1. The summed E-state index contributed by atoms with van der Waals surface area (Å²) in [5.74, 6) is 0.106. The predicted molar refractivity (Wildman–Crippen MR) is 93.9 cm³/mol. The van der Waals surface area contributed by atoms with Crippen LogP contribution < -0.4 is 0 Å². The first-order valence-electron chi connectivity index (χ1n) is 7.51. The molecule has 2 aromatic heterocycles. The number of rotatable bonds is 5. The van der Waals surface area contributed by atoms with Gasteiger partial charge >= 0.3 is 0 Å². The van der Waals surface area contributed by atoms with Gasteiger partial charge in [0.2, 0.25) is 0 Å². The Morgan fingerprint density at radius 2 is 2.08 bits per heavy atom. The summed E-state index contributed by atoms with van der Waals surface area (Å²) < 4.78 is 1.88. The van der Waals surface area contributed by atoms with Crippen LogP contribution in [-0.2, 0) is 6.54 Å². The van der Waals surface area contributed by atoms with Crippen LogP contribution in [-0.4, -0.2) is 50.4 Å². The van der Waals surface area contributed by atoms with E-state index in [1.54, 1.807) is 18.3 Å². The lowest BCUT2D eigenvalue weighted by atomic mass is 10.1. The lowest BCUT2D eigenvalue weighted by Crippen LogP contribution is -2.18. The summed E-state index contributed by atoms with van der Waals surface area (Å²) in [4.78, 5) is 10.4. The SMILES string of the molecule is CN(C)CCn1cc(-c2ccncn2)c(-c2cc(O)cc(Cl)c2)n1. The van der Waals surface area contributed by atoms with Crippen molar-refractivity contribution in [3.05, 3.63) is 48.0 Å². The van der Waals surface area contributed by atoms with Crippen molar-refractivity contribution in [2.45, 2.75) is 6.54 Å². The number of aromatic hydroxyl groups is 1. The van der Waals surface area contributed by atoms with Crippen molar-refractivity contribution >= 4 is 11.6 Å². The Balaban J connectivity index is 2.08. The highest BCUT2D eigenvalue weighted by Crippen LogP contribution is 2.33. The molecule has 0 bridgehead atoms. The highest BCUT2D eigenvalue weighted by molar-refractivity contribution is 6.31. The van der Waals surface area contributed by atoms with Crippen LogP contribution in [0, 0.1) is 0 Å². The Morgan fingerprint density at radius 3 is 2.75 bits per heavy atom. The van der Waals surface area contributed by atoms with Crippen LogP contribution in [0.15, 0.2) is 43.0 Å². The van der Waals surface area contributed by atoms with Crippen molar-refractivity contribution in [2.75, 3.05) is 20.6 Å². The zero-order valence-electron chi connectivity index (χ0n) is 13.5. The number of aromatic nitrogens is 4. The molecule has 2 heterocycles. The molecule has 6 nitrogen and oxygen atoms in total. The van der Waals surface area contributed by atoms with Crippen molar-refractivity contribution < 1.29 is 5.11 Å². The molecule has 0 atom stereocenters. The minimum atomic E-state index is 0.106. The van der Waals surface area contributed by atoms with Crippen LogP contribution in [0.3, 0.4) is 0 Å². The molecule has 1 N–H and O–H groups in total. The number of hydrogen-bond donors (Lipinski definition) is 1. The van der Waals surface area contributed by atoms with Crippen LogP contribution in [0.5, 0.6) is 5.75 Å². The Kier molecular flexibility index (Phi) is 4.78. The summed E-state index contributed by atoms with van der Waals surface area (Å²) in [6, 6.07) is 6.76. The molecular formula is C17H18ClN5O. The van der Waals surface area contributed by atoms with Gasteiger partial charge in [-0.2, -0.15) is 5.10 Å². The summed E-state index contributed by atoms with van der Waals surface area (Å²) in [6.45, 7) is 1.61. The molecule has 0 aliphatic rings. The second-order valence-corrected chi connectivity index (χ2v) is 6.19. The largest absolute Gasteiger partial charge is 0.508 e. The van der Waals surface area contributed by atoms with E-state index < -0.39 is 0 Å². The third kappa shape index (κ3) is 3.72. The molecule has 24 heavy (non-hydrogen) atoms. The Labute approximate surface area is 145 Å². The third-order valence-electron chi connectivity index (χ3n) is 3.55. The first kappa shape index (κ1) is 16.4. The van der Waals surface area contributed by atoms with Crippen LogP contribution in [0.4, 0.5) is 0 Å². The third-order valence-corrected chi connectivity index (χ3v) is 3.77. The topological polar surface area (TPSA) is 67.1 Å². The van der Waals surface area contributed by atoms with E-state index >= 15 is 0 Å². The van der Waals surface area contributed by atoms with Gasteiger partial charge < -0.3 is 10.0 Å². The van der Waals surface area contributed by atoms with Gasteiger partial charge in [0.15, 0.2) is 0 Å². The Bertz CT molecular complexity index is 812. The van der Waals surface area contributed by atoms with Gasteiger partial charge in [-0.25, -0.2) is 9.97 Å². The maximum absolute atomic E-state index is 9.85. The molecule has 0 saturated heterocycles. The van der Waals surface area contributed by atoms with Crippen molar-refractivity contribution in [1.29, 1.82) is 0 Å². The summed E-state index contributed by atoms with van der Waals surface area (Å²) in [7, 11) is 4.04. The molecule has 0 fully saturated rings. The van der Waals surface area contributed by atoms with Gasteiger partial charge in [-0.15, -0.1) is 0 Å². The minimum absolute atomic E-state index is 0.106. The van der Waals surface area contributed by atoms with Crippen LogP contribution in [0.2, 0.25) is 5.02 Å². The molecule has 0 aliphatic carbocycles. The van der Waals surface area contributed by atoms with E-state index in [-0.39, 0.29) is 5.75 Å². The highest BCUT2D eigenvalue weighted by atomic mass is 35.5. The standard InChI is InChI=1S/C17H18ClN5O/c1-22(2)5-6-23-10-15(16-3-4-19-11-20-16)17(21-23)12-7-13(18)9-14(24)8-12/h3-4,7-11,24H,5-6H2,1-2H3. The number of hydrogen-bond acceptors (Lipinski definition) is 5. The number of halogens is 1. The second-order valence-electron chi connectivity index (χ2n) is 5.75. The average Bonchev–Trinajstić information content (AvgIpc) is 2.97. The molecule has 0 aliphatic heterocycles.